The fraction of sp³-hybridized carbons (Fsp3) is 0.588. The second-order valence-corrected chi connectivity index (χ2v) is 6.00. The van der Waals surface area contributed by atoms with Gasteiger partial charge in [0, 0.05) is 32.3 Å². The molecule has 0 saturated heterocycles. The first-order chi connectivity index (χ1) is 11.2. The van der Waals surface area contributed by atoms with Crippen molar-refractivity contribution in [3.8, 4) is 0 Å². The van der Waals surface area contributed by atoms with Gasteiger partial charge in [0.15, 0.2) is 5.96 Å². The van der Waals surface area contributed by atoms with Crippen molar-refractivity contribution in [3.05, 3.63) is 23.9 Å². The number of hydrogen-bond acceptors (Lipinski definition) is 3. The van der Waals surface area contributed by atoms with E-state index in [1.54, 1.807) is 13.2 Å². The highest BCUT2D eigenvalue weighted by molar-refractivity contribution is 14.0. The highest BCUT2D eigenvalue weighted by Gasteiger charge is 2.14. The molecule has 0 spiro atoms. The van der Waals surface area contributed by atoms with Gasteiger partial charge >= 0.3 is 0 Å². The summed E-state index contributed by atoms with van der Waals surface area (Å²) in [6.45, 7) is 2.51. The molecular weight excluding hydrogens is 417 g/mol. The van der Waals surface area contributed by atoms with Crippen molar-refractivity contribution in [1.82, 2.24) is 15.6 Å². The number of guanidine groups is 1. The summed E-state index contributed by atoms with van der Waals surface area (Å²) in [6, 6.07) is 4.24. The Labute approximate surface area is 161 Å². The van der Waals surface area contributed by atoms with Crippen LogP contribution < -0.4 is 16.0 Å². The number of aliphatic imine (C=N–C) groups is 1. The third-order valence-electron chi connectivity index (χ3n) is 3.99. The monoisotopic (exact) mass is 445 g/mol. The number of carbonyl (C=O) groups excluding carboxylic acids is 1. The molecule has 0 unspecified atom stereocenters. The van der Waals surface area contributed by atoms with E-state index in [0.717, 1.165) is 11.5 Å². The molecular formula is C17H28IN5O. The number of nitrogens with one attached hydrogen (secondary N) is 3. The molecule has 0 atom stereocenters. The zero-order valence-electron chi connectivity index (χ0n) is 14.5. The molecule has 3 N–H and O–H groups in total. The van der Waals surface area contributed by atoms with Gasteiger partial charge in [-0.15, -0.1) is 24.0 Å². The molecule has 7 heteroatoms. The summed E-state index contributed by atoms with van der Waals surface area (Å²) in [5, 5.41) is 9.42. The van der Waals surface area contributed by atoms with Gasteiger partial charge in [-0.1, -0.05) is 25.3 Å². The average molecular weight is 445 g/mol. The minimum atomic E-state index is -0.0537. The van der Waals surface area contributed by atoms with Crippen molar-refractivity contribution in [2.24, 2.45) is 4.99 Å². The lowest BCUT2D eigenvalue weighted by Crippen LogP contribution is -2.44. The standard InChI is InChI=1S/C17H27N5O.HI/c1-13-8-9-15(20-12-13)22-16(23)10-11-19-17(18-2)21-14-6-4-3-5-7-14;/h8-9,12,14H,3-7,10-11H2,1-2H3,(H2,18,19,21)(H,20,22,23);1H. The molecule has 1 aliphatic rings. The van der Waals surface area contributed by atoms with Gasteiger partial charge in [0.2, 0.25) is 5.91 Å². The Balaban J connectivity index is 0.00000288. The summed E-state index contributed by atoms with van der Waals surface area (Å²) >= 11 is 0. The van der Waals surface area contributed by atoms with Crippen LogP contribution in [0.5, 0.6) is 0 Å². The number of pyridine rings is 1. The average Bonchev–Trinajstić information content (AvgIpc) is 2.57. The maximum absolute atomic E-state index is 11.9. The van der Waals surface area contributed by atoms with Crippen LogP contribution in [0.15, 0.2) is 23.3 Å². The molecule has 0 aromatic carbocycles. The third-order valence-corrected chi connectivity index (χ3v) is 3.99. The number of aromatic nitrogens is 1. The van der Waals surface area contributed by atoms with Crippen molar-refractivity contribution in [2.75, 3.05) is 18.9 Å². The predicted molar refractivity (Wildman–Crippen MR) is 109 cm³/mol. The second kappa shape index (κ2) is 11.2. The maximum atomic E-state index is 11.9. The van der Waals surface area contributed by atoms with Gasteiger partial charge in [0.25, 0.3) is 0 Å². The molecule has 0 aliphatic heterocycles. The molecule has 6 nitrogen and oxygen atoms in total. The Hall–Kier alpha value is -1.38. The number of aryl methyl sites for hydroxylation is 1. The zero-order valence-corrected chi connectivity index (χ0v) is 16.8. The lowest BCUT2D eigenvalue weighted by Gasteiger charge is -2.24. The first-order valence-electron chi connectivity index (χ1n) is 8.37. The fourth-order valence-corrected chi connectivity index (χ4v) is 2.68. The normalized spacial score (nSPS) is 15.3. The van der Waals surface area contributed by atoms with Gasteiger partial charge in [-0.3, -0.25) is 9.79 Å². The fourth-order valence-electron chi connectivity index (χ4n) is 2.68. The number of halogens is 1. The van der Waals surface area contributed by atoms with Gasteiger partial charge in [-0.25, -0.2) is 4.98 Å². The molecule has 1 fully saturated rings. The number of hydrogen-bond donors (Lipinski definition) is 3. The van der Waals surface area contributed by atoms with Crippen LogP contribution in [0.2, 0.25) is 0 Å². The Morgan fingerprint density at radius 2 is 2.04 bits per heavy atom. The summed E-state index contributed by atoms with van der Waals surface area (Å²) in [7, 11) is 1.76. The van der Waals surface area contributed by atoms with Crippen LogP contribution in [0.1, 0.15) is 44.1 Å². The number of amides is 1. The molecule has 2 rings (SSSR count). The van der Waals surface area contributed by atoms with E-state index in [0.29, 0.717) is 24.8 Å². The van der Waals surface area contributed by atoms with Crippen LogP contribution in [0.4, 0.5) is 5.82 Å². The first-order valence-corrected chi connectivity index (χ1v) is 8.37. The molecule has 1 saturated carbocycles. The van der Waals surface area contributed by atoms with Crippen LogP contribution in [0.3, 0.4) is 0 Å². The maximum Gasteiger partial charge on any atom is 0.227 e. The Kier molecular flexibility index (Phi) is 9.66. The van der Waals surface area contributed by atoms with E-state index in [9.17, 15) is 4.79 Å². The van der Waals surface area contributed by atoms with Crippen LogP contribution in [0, 0.1) is 6.92 Å². The molecule has 1 aliphatic carbocycles. The SMILES string of the molecule is CN=C(NCCC(=O)Nc1ccc(C)cn1)NC1CCCCC1.I. The smallest absolute Gasteiger partial charge is 0.227 e. The van der Waals surface area contributed by atoms with Gasteiger partial charge in [-0.05, 0) is 31.4 Å². The van der Waals surface area contributed by atoms with E-state index in [1.807, 2.05) is 19.1 Å². The molecule has 1 aromatic rings. The molecule has 0 bridgehead atoms. The number of nitrogens with zero attached hydrogens (tertiary/aromatic N) is 2. The molecule has 0 radical (unpaired) electrons. The largest absolute Gasteiger partial charge is 0.356 e. The number of rotatable bonds is 5. The van der Waals surface area contributed by atoms with Crippen molar-refractivity contribution < 1.29 is 4.79 Å². The van der Waals surface area contributed by atoms with E-state index < -0.39 is 0 Å². The van der Waals surface area contributed by atoms with E-state index in [1.165, 1.54) is 32.1 Å². The number of carbonyl (C=O) groups is 1. The third kappa shape index (κ3) is 7.46. The molecule has 1 heterocycles. The summed E-state index contributed by atoms with van der Waals surface area (Å²) in [5.41, 5.74) is 1.07. The van der Waals surface area contributed by atoms with E-state index >= 15 is 0 Å². The summed E-state index contributed by atoms with van der Waals surface area (Å²) in [5.74, 6) is 1.31. The number of anilines is 1. The van der Waals surface area contributed by atoms with Gasteiger partial charge in [-0.2, -0.15) is 0 Å². The van der Waals surface area contributed by atoms with Crippen molar-refractivity contribution in [1.29, 1.82) is 0 Å². The highest BCUT2D eigenvalue weighted by atomic mass is 127. The summed E-state index contributed by atoms with van der Waals surface area (Å²) in [4.78, 5) is 20.3. The van der Waals surface area contributed by atoms with Crippen molar-refractivity contribution in [2.45, 2.75) is 51.5 Å². The van der Waals surface area contributed by atoms with Crippen molar-refractivity contribution >= 4 is 41.7 Å². The van der Waals surface area contributed by atoms with E-state index in [-0.39, 0.29) is 29.9 Å². The van der Waals surface area contributed by atoms with Crippen LogP contribution in [0.25, 0.3) is 0 Å². The molecule has 1 aromatic heterocycles. The molecule has 1 amide bonds. The summed E-state index contributed by atoms with van der Waals surface area (Å²) in [6.07, 6.45) is 8.39. The van der Waals surface area contributed by atoms with Crippen molar-refractivity contribution in [3.63, 3.8) is 0 Å². The Bertz CT molecular complexity index is 526. The van der Waals surface area contributed by atoms with Gasteiger partial charge in [0.05, 0.1) is 0 Å². The minimum Gasteiger partial charge on any atom is -0.356 e. The van der Waals surface area contributed by atoms with Crippen LogP contribution >= 0.6 is 24.0 Å². The van der Waals surface area contributed by atoms with Gasteiger partial charge in [0.1, 0.15) is 5.82 Å². The van der Waals surface area contributed by atoms with E-state index in [2.05, 4.69) is 25.9 Å². The lowest BCUT2D eigenvalue weighted by molar-refractivity contribution is -0.116. The predicted octanol–water partition coefficient (Wildman–Crippen LogP) is 2.83. The van der Waals surface area contributed by atoms with Gasteiger partial charge < -0.3 is 16.0 Å². The minimum absolute atomic E-state index is 0. The van der Waals surface area contributed by atoms with E-state index in [4.69, 9.17) is 0 Å². The van der Waals surface area contributed by atoms with Crippen LogP contribution in [-0.4, -0.2) is 36.5 Å². The first kappa shape index (κ1) is 20.7. The quantitative estimate of drug-likeness (QED) is 0.370. The summed E-state index contributed by atoms with van der Waals surface area (Å²) < 4.78 is 0. The Morgan fingerprint density at radius 1 is 1.29 bits per heavy atom. The topological polar surface area (TPSA) is 78.4 Å². The molecule has 134 valence electrons. The lowest BCUT2D eigenvalue weighted by atomic mass is 9.96. The Morgan fingerprint density at radius 3 is 2.67 bits per heavy atom. The van der Waals surface area contributed by atoms with Crippen LogP contribution in [-0.2, 0) is 4.79 Å². The molecule has 24 heavy (non-hydrogen) atoms. The second-order valence-electron chi connectivity index (χ2n) is 6.00. The zero-order chi connectivity index (χ0) is 16.5. The highest BCUT2D eigenvalue weighted by Crippen LogP contribution is 2.17.